The van der Waals surface area contributed by atoms with E-state index in [9.17, 15) is 0 Å². The van der Waals surface area contributed by atoms with Gasteiger partial charge in [0.05, 0.1) is 37.1 Å². The van der Waals surface area contributed by atoms with Gasteiger partial charge in [0.15, 0.2) is 0 Å². The van der Waals surface area contributed by atoms with Crippen LogP contribution in [0.25, 0.3) is 0 Å². The Morgan fingerprint density at radius 1 is 0.791 bits per heavy atom. The number of benzene rings is 4. The van der Waals surface area contributed by atoms with Crippen molar-refractivity contribution in [1.29, 1.82) is 0 Å². The molecule has 0 radical (unpaired) electrons. The van der Waals surface area contributed by atoms with Crippen LogP contribution in [0.5, 0.6) is 5.75 Å². The molecule has 0 unspecified atom stereocenters. The molecular formula is C38H41ClO4. The Balaban J connectivity index is 1.41. The van der Waals surface area contributed by atoms with E-state index >= 15 is 0 Å². The van der Waals surface area contributed by atoms with E-state index < -0.39 is 0 Å². The van der Waals surface area contributed by atoms with Gasteiger partial charge in [-0.1, -0.05) is 123 Å². The monoisotopic (exact) mass is 596 g/mol. The van der Waals surface area contributed by atoms with Crippen molar-refractivity contribution in [3.63, 3.8) is 0 Å². The Kier molecular flexibility index (Phi) is 9.80. The lowest BCUT2D eigenvalue weighted by molar-refractivity contribution is -0.235. The van der Waals surface area contributed by atoms with Crippen molar-refractivity contribution in [2.75, 3.05) is 6.61 Å². The lowest BCUT2D eigenvalue weighted by Gasteiger charge is -2.46. The van der Waals surface area contributed by atoms with Gasteiger partial charge >= 0.3 is 0 Å². The average molecular weight is 597 g/mol. The summed E-state index contributed by atoms with van der Waals surface area (Å²) in [5.41, 5.74) is 6.77. The van der Waals surface area contributed by atoms with Gasteiger partial charge in [-0.15, -0.1) is 0 Å². The zero-order valence-corrected chi connectivity index (χ0v) is 25.8. The standard InChI is InChI=1S/C38H41ClO4/c1-3-33-26(2)35(41-24-28-16-9-5-10-17-28)38(42-25-29-18-11-6-12-19-29)37(43-33)32-23-30(22-27-14-7-4-8-15-27)34(39)36-31(32)20-13-21-40-36/h4-12,14-19,23,26,33,35,37-38H,3,13,20-22,24-25H2,1-2H3/t26-,33-,35+,37+,38-/m1/s1. The first kappa shape index (κ1) is 29.9. The van der Waals surface area contributed by atoms with E-state index in [1.54, 1.807) is 0 Å². The van der Waals surface area contributed by atoms with Gasteiger partial charge in [-0.25, -0.2) is 0 Å². The third-order valence-electron chi connectivity index (χ3n) is 8.82. The second-order valence-electron chi connectivity index (χ2n) is 11.7. The highest BCUT2D eigenvalue weighted by Crippen LogP contribution is 2.47. The third-order valence-corrected chi connectivity index (χ3v) is 9.23. The molecule has 2 aliphatic rings. The molecule has 4 aromatic carbocycles. The molecule has 0 spiro atoms. The average Bonchev–Trinajstić information content (AvgIpc) is 3.06. The molecule has 2 heterocycles. The number of hydrogen-bond donors (Lipinski definition) is 0. The second kappa shape index (κ2) is 14.1. The lowest BCUT2D eigenvalue weighted by Crippen LogP contribution is -2.52. The van der Waals surface area contributed by atoms with Gasteiger partial charge in [-0.05, 0) is 53.5 Å². The van der Waals surface area contributed by atoms with E-state index in [-0.39, 0.29) is 30.3 Å². The van der Waals surface area contributed by atoms with Crippen LogP contribution in [0.1, 0.15) is 66.2 Å². The van der Waals surface area contributed by atoms with E-state index in [1.165, 1.54) is 5.56 Å². The summed E-state index contributed by atoms with van der Waals surface area (Å²) in [7, 11) is 0. The molecule has 0 N–H and O–H groups in total. The normalized spacial score (nSPS) is 23.4. The fourth-order valence-corrected chi connectivity index (χ4v) is 6.82. The van der Waals surface area contributed by atoms with Crippen LogP contribution in [0.4, 0.5) is 0 Å². The molecule has 0 bridgehead atoms. The molecule has 43 heavy (non-hydrogen) atoms. The molecule has 6 rings (SSSR count). The Bertz CT molecular complexity index is 1460. The Morgan fingerprint density at radius 3 is 1.98 bits per heavy atom. The van der Waals surface area contributed by atoms with Crippen LogP contribution < -0.4 is 4.74 Å². The van der Waals surface area contributed by atoms with Crippen molar-refractivity contribution < 1.29 is 18.9 Å². The fourth-order valence-electron chi connectivity index (χ4n) is 6.53. The predicted octanol–water partition coefficient (Wildman–Crippen LogP) is 8.91. The van der Waals surface area contributed by atoms with Gasteiger partial charge in [0, 0.05) is 11.5 Å². The van der Waals surface area contributed by atoms with E-state index in [2.05, 4.69) is 92.7 Å². The van der Waals surface area contributed by atoms with E-state index in [1.807, 2.05) is 18.2 Å². The van der Waals surface area contributed by atoms with Crippen LogP contribution in [-0.4, -0.2) is 24.9 Å². The minimum Gasteiger partial charge on any atom is -0.492 e. The van der Waals surface area contributed by atoms with Gasteiger partial charge in [-0.3, -0.25) is 0 Å². The third kappa shape index (κ3) is 6.84. The van der Waals surface area contributed by atoms with E-state index in [4.69, 9.17) is 30.5 Å². The molecule has 0 aliphatic carbocycles. The van der Waals surface area contributed by atoms with Gasteiger partial charge in [0.1, 0.15) is 18.0 Å². The molecule has 224 valence electrons. The highest BCUT2D eigenvalue weighted by Gasteiger charge is 2.46. The first-order valence-electron chi connectivity index (χ1n) is 15.6. The minimum absolute atomic E-state index is 0.0239. The molecule has 1 fully saturated rings. The van der Waals surface area contributed by atoms with Crippen molar-refractivity contribution in [3.8, 4) is 5.75 Å². The summed E-state index contributed by atoms with van der Waals surface area (Å²) in [6, 6.07) is 33.4. The maximum atomic E-state index is 7.07. The van der Waals surface area contributed by atoms with Crippen molar-refractivity contribution in [2.45, 2.75) is 77.2 Å². The number of halogens is 1. The number of rotatable bonds is 10. The number of hydrogen-bond acceptors (Lipinski definition) is 4. The highest BCUT2D eigenvalue weighted by molar-refractivity contribution is 6.33. The molecule has 0 amide bonds. The molecule has 0 aromatic heterocycles. The summed E-state index contributed by atoms with van der Waals surface area (Å²) in [6.07, 6.45) is 2.65. The largest absolute Gasteiger partial charge is 0.492 e. The van der Waals surface area contributed by atoms with Crippen LogP contribution in [-0.2, 0) is 40.3 Å². The second-order valence-corrected chi connectivity index (χ2v) is 12.1. The van der Waals surface area contributed by atoms with Crippen molar-refractivity contribution in [2.24, 2.45) is 5.92 Å². The summed E-state index contributed by atoms with van der Waals surface area (Å²) < 4.78 is 27.0. The molecule has 0 saturated carbocycles. The maximum absolute atomic E-state index is 7.07. The first-order chi connectivity index (χ1) is 21.1. The summed E-state index contributed by atoms with van der Waals surface area (Å²) in [5.74, 6) is 0.948. The van der Waals surface area contributed by atoms with E-state index in [0.29, 0.717) is 31.3 Å². The summed E-state index contributed by atoms with van der Waals surface area (Å²) in [5, 5.41) is 0.706. The van der Waals surface area contributed by atoms with Gasteiger partial charge in [0.2, 0.25) is 0 Å². The van der Waals surface area contributed by atoms with Crippen molar-refractivity contribution in [3.05, 3.63) is 135 Å². The van der Waals surface area contributed by atoms with Crippen LogP contribution in [0, 0.1) is 5.92 Å². The predicted molar refractivity (Wildman–Crippen MR) is 172 cm³/mol. The van der Waals surface area contributed by atoms with Crippen molar-refractivity contribution in [1.82, 2.24) is 0 Å². The molecule has 2 aliphatic heterocycles. The topological polar surface area (TPSA) is 36.9 Å². The zero-order valence-electron chi connectivity index (χ0n) is 25.1. The molecule has 5 heteroatoms. The molecule has 4 aromatic rings. The van der Waals surface area contributed by atoms with Crippen LogP contribution in [0.3, 0.4) is 0 Å². The zero-order chi connectivity index (χ0) is 29.6. The Labute approximate surface area is 260 Å². The SMILES string of the molecule is CC[C@H]1O[C@@H](c2cc(Cc3ccccc3)c(Cl)c3c2CCCO3)[C@H](OCc2ccccc2)[C@@H](OCc2ccccc2)[C@@H]1C. The number of ether oxygens (including phenoxy) is 4. The Hall–Kier alpha value is -3.15. The Morgan fingerprint density at radius 2 is 1.37 bits per heavy atom. The quantitative estimate of drug-likeness (QED) is 0.183. The van der Waals surface area contributed by atoms with Crippen LogP contribution in [0.2, 0.25) is 5.02 Å². The number of fused-ring (bicyclic) bond motifs is 1. The van der Waals surface area contributed by atoms with Gasteiger partial charge in [0.25, 0.3) is 0 Å². The summed E-state index contributed by atoms with van der Waals surface area (Å²) in [4.78, 5) is 0. The summed E-state index contributed by atoms with van der Waals surface area (Å²) >= 11 is 7.07. The molecule has 1 saturated heterocycles. The van der Waals surface area contributed by atoms with Crippen molar-refractivity contribution >= 4 is 11.6 Å². The summed E-state index contributed by atoms with van der Waals surface area (Å²) in [6.45, 7) is 6.09. The minimum atomic E-state index is -0.326. The van der Waals surface area contributed by atoms with E-state index in [0.717, 1.165) is 52.8 Å². The van der Waals surface area contributed by atoms with Crippen LogP contribution >= 0.6 is 11.6 Å². The smallest absolute Gasteiger partial charge is 0.141 e. The van der Waals surface area contributed by atoms with Gasteiger partial charge in [-0.2, -0.15) is 0 Å². The molecule has 4 nitrogen and oxygen atoms in total. The van der Waals surface area contributed by atoms with Gasteiger partial charge < -0.3 is 18.9 Å². The fraction of sp³-hybridized carbons (Fsp3) is 0.368. The molecule has 5 atom stereocenters. The maximum Gasteiger partial charge on any atom is 0.141 e. The molecular weight excluding hydrogens is 556 g/mol. The lowest BCUT2D eigenvalue weighted by atomic mass is 9.81. The van der Waals surface area contributed by atoms with Crippen LogP contribution in [0.15, 0.2) is 97.1 Å². The first-order valence-corrected chi connectivity index (χ1v) is 16.0. The highest BCUT2D eigenvalue weighted by atomic mass is 35.5.